The minimum absolute atomic E-state index is 0.0230. The second-order valence-corrected chi connectivity index (χ2v) is 19.3. The molecule has 2 aromatic heterocycles. The van der Waals surface area contributed by atoms with Crippen LogP contribution in [0.25, 0.3) is 11.1 Å². The third kappa shape index (κ3) is 11.2. The van der Waals surface area contributed by atoms with E-state index in [-0.39, 0.29) is 30.2 Å². The normalized spacial score (nSPS) is 13.6. The standard InChI is InChI=1S/C40H52N6O4Si/c1-40(2,3)51(4,5)50-30-33-13-9-12-32(24-33)25-36-26-34(16-17-42-36)35-14-15-37(44-27-35)43-19-18-41-28-38(47)45-20-22-46(23-21-45)39(48)49-29-31-10-7-6-8-11-31/h6-17,24,26-27,41H,18-23,25,28-30H2,1-5H3,(H,43,44). The summed E-state index contributed by atoms with van der Waals surface area (Å²) in [6, 6.07) is 26.4. The van der Waals surface area contributed by atoms with Gasteiger partial charge in [-0.15, -0.1) is 0 Å². The second-order valence-electron chi connectivity index (χ2n) is 14.5. The molecule has 11 heteroatoms. The number of nitrogens with zero attached hydrogens (tertiary/aromatic N) is 4. The summed E-state index contributed by atoms with van der Waals surface area (Å²) in [6.45, 7) is 15.6. The Morgan fingerprint density at radius 3 is 2.24 bits per heavy atom. The molecule has 0 radical (unpaired) electrons. The average molecular weight is 709 g/mol. The first-order valence-electron chi connectivity index (χ1n) is 17.8. The van der Waals surface area contributed by atoms with E-state index in [9.17, 15) is 9.59 Å². The Kier molecular flexibility index (Phi) is 13.0. The quantitative estimate of drug-likeness (QED) is 0.110. The van der Waals surface area contributed by atoms with E-state index in [4.69, 9.17) is 9.16 Å². The van der Waals surface area contributed by atoms with Gasteiger partial charge in [0.15, 0.2) is 8.32 Å². The molecule has 0 unspecified atom stereocenters. The maximum Gasteiger partial charge on any atom is 0.410 e. The van der Waals surface area contributed by atoms with Gasteiger partial charge in [-0.3, -0.25) is 9.78 Å². The van der Waals surface area contributed by atoms with Crippen LogP contribution < -0.4 is 10.6 Å². The van der Waals surface area contributed by atoms with E-state index in [2.05, 4.69) is 90.9 Å². The molecule has 1 saturated heterocycles. The van der Waals surface area contributed by atoms with E-state index >= 15 is 0 Å². The second kappa shape index (κ2) is 17.6. The molecule has 5 rings (SSSR count). The SMILES string of the molecule is CC(C)(C)[Si](C)(C)OCc1cccc(Cc2cc(-c3ccc(NCCNCC(=O)N4CCN(C(=O)OCc5ccccc5)CC4)nc3)ccn2)c1. The molecule has 0 spiro atoms. The Bertz CT molecular complexity index is 1720. The van der Waals surface area contributed by atoms with Crippen LogP contribution >= 0.6 is 0 Å². The molecule has 1 fully saturated rings. The van der Waals surface area contributed by atoms with Crippen molar-refractivity contribution in [3.05, 3.63) is 114 Å². The molecule has 0 atom stereocenters. The number of carbonyl (C=O) groups is 2. The molecule has 2 amide bonds. The highest BCUT2D eigenvalue weighted by Crippen LogP contribution is 2.37. The molecule has 4 aromatic rings. The molecule has 270 valence electrons. The lowest BCUT2D eigenvalue weighted by Crippen LogP contribution is -2.52. The van der Waals surface area contributed by atoms with Crippen molar-refractivity contribution in [1.82, 2.24) is 25.1 Å². The van der Waals surface area contributed by atoms with Gasteiger partial charge in [0, 0.05) is 69.3 Å². The minimum atomic E-state index is -1.82. The number of benzene rings is 2. The Labute approximate surface area is 303 Å². The van der Waals surface area contributed by atoms with Crippen LogP contribution in [-0.2, 0) is 33.6 Å². The first-order chi connectivity index (χ1) is 24.5. The Balaban J connectivity index is 1.00. The molecule has 0 saturated carbocycles. The third-order valence-electron chi connectivity index (χ3n) is 9.68. The molecule has 3 heterocycles. The van der Waals surface area contributed by atoms with Crippen LogP contribution in [0.5, 0.6) is 0 Å². The van der Waals surface area contributed by atoms with Crippen molar-refractivity contribution >= 4 is 26.1 Å². The van der Waals surface area contributed by atoms with Crippen molar-refractivity contribution in [1.29, 1.82) is 0 Å². The molecule has 1 aliphatic rings. The highest BCUT2D eigenvalue weighted by Gasteiger charge is 2.37. The number of piperazine rings is 1. The van der Waals surface area contributed by atoms with Crippen LogP contribution in [0.2, 0.25) is 18.1 Å². The summed E-state index contributed by atoms with van der Waals surface area (Å²) < 4.78 is 11.9. The summed E-state index contributed by atoms with van der Waals surface area (Å²) in [5, 5.41) is 6.71. The van der Waals surface area contributed by atoms with E-state index in [1.165, 1.54) is 11.1 Å². The van der Waals surface area contributed by atoms with Crippen LogP contribution in [-0.4, -0.2) is 85.9 Å². The molecule has 0 bridgehead atoms. The van der Waals surface area contributed by atoms with Crippen molar-refractivity contribution in [3.8, 4) is 11.1 Å². The van der Waals surface area contributed by atoms with Gasteiger partial charge in [0.2, 0.25) is 5.91 Å². The zero-order valence-corrected chi connectivity index (χ0v) is 31.7. The number of anilines is 1. The van der Waals surface area contributed by atoms with Gasteiger partial charge in [-0.25, -0.2) is 9.78 Å². The number of nitrogens with one attached hydrogen (secondary N) is 2. The van der Waals surface area contributed by atoms with Gasteiger partial charge in [0.05, 0.1) is 13.2 Å². The van der Waals surface area contributed by atoms with Gasteiger partial charge in [-0.05, 0) is 64.7 Å². The lowest BCUT2D eigenvalue weighted by Gasteiger charge is -2.36. The number of amides is 2. The molecular weight excluding hydrogens is 657 g/mol. The van der Waals surface area contributed by atoms with Crippen LogP contribution in [0.4, 0.5) is 10.6 Å². The van der Waals surface area contributed by atoms with Gasteiger partial charge >= 0.3 is 6.09 Å². The van der Waals surface area contributed by atoms with Crippen molar-refractivity contribution < 1.29 is 18.8 Å². The molecule has 2 N–H and O–H groups in total. The summed E-state index contributed by atoms with van der Waals surface area (Å²) >= 11 is 0. The van der Waals surface area contributed by atoms with Crippen LogP contribution in [0.1, 0.15) is 43.2 Å². The number of ether oxygens (including phenoxy) is 1. The number of hydrogen-bond acceptors (Lipinski definition) is 8. The Hall–Kier alpha value is -4.58. The molecule has 51 heavy (non-hydrogen) atoms. The smallest absolute Gasteiger partial charge is 0.410 e. The highest BCUT2D eigenvalue weighted by molar-refractivity contribution is 6.74. The predicted molar refractivity (Wildman–Crippen MR) is 205 cm³/mol. The first-order valence-corrected chi connectivity index (χ1v) is 20.7. The number of aromatic nitrogens is 2. The number of carbonyl (C=O) groups excluding carboxylic acids is 2. The van der Waals surface area contributed by atoms with Crippen LogP contribution in [0.15, 0.2) is 91.3 Å². The third-order valence-corrected chi connectivity index (χ3v) is 14.2. The van der Waals surface area contributed by atoms with Crippen molar-refractivity contribution in [3.63, 3.8) is 0 Å². The average Bonchev–Trinajstić information content (AvgIpc) is 3.13. The van der Waals surface area contributed by atoms with Crippen LogP contribution in [0.3, 0.4) is 0 Å². The van der Waals surface area contributed by atoms with Gasteiger partial charge in [-0.1, -0.05) is 75.4 Å². The maximum atomic E-state index is 12.7. The number of pyridine rings is 2. The van der Waals surface area contributed by atoms with Gasteiger partial charge < -0.3 is 29.6 Å². The summed E-state index contributed by atoms with van der Waals surface area (Å²) in [6.07, 6.45) is 4.12. The van der Waals surface area contributed by atoms with Crippen molar-refractivity contribution in [2.45, 2.75) is 58.5 Å². The molecular formula is C40H52N6O4Si. The summed E-state index contributed by atoms with van der Waals surface area (Å²) in [4.78, 5) is 37.8. The summed E-state index contributed by atoms with van der Waals surface area (Å²) in [5.74, 6) is 0.794. The minimum Gasteiger partial charge on any atom is -0.445 e. The number of hydrogen-bond donors (Lipinski definition) is 2. The van der Waals surface area contributed by atoms with Crippen LogP contribution in [0, 0.1) is 0 Å². The monoisotopic (exact) mass is 708 g/mol. The van der Waals surface area contributed by atoms with E-state index < -0.39 is 8.32 Å². The summed E-state index contributed by atoms with van der Waals surface area (Å²) in [5.41, 5.74) is 6.44. The lowest BCUT2D eigenvalue weighted by atomic mass is 10.0. The zero-order valence-electron chi connectivity index (χ0n) is 30.7. The summed E-state index contributed by atoms with van der Waals surface area (Å²) in [7, 11) is -1.82. The van der Waals surface area contributed by atoms with E-state index in [1.807, 2.05) is 54.9 Å². The van der Waals surface area contributed by atoms with Crippen molar-refractivity contribution in [2.24, 2.45) is 0 Å². The maximum absolute atomic E-state index is 12.7. The Morgan fingerprint density at radius 2 is 1.51 bits per heavy atom. The van der Waals surface area contributed by atoms with E-state index in [0.29, 0.717) is 45.9 Å². The largest absolute Gasteiger partial charge is 0.445 e. The molecule has 0 aliphatic carbocycles. The van der Waals surface area contributed by atoms with Gasteiger partial charge in [0.1, 0.15) is 12.4 Å². The fourth-order valence-electron chi connectivity index (χ4n) is 5.48. The van der Waals surface area contributed by atoms with E-state index in [0.717, 1.165) is 34.6 Å². The lowest BCUT2D eigenvalue weighted by molar-refractivity contribution is -0.131. The molecule has 10 nitrogen and oxygen atoms in total. The predicted octanol–water partition coefficient (Wildman–Crippen LogP) is 6.74. The molecule has 1 aliphatic heterocycles. The Morgan fingerprint density at radius 1 is 0.784 bits per heavy atom. The fraction of sp³-hybridized carbons (Fsp3) is 0.400. The highest BCUT2D eigenvalue weighted by atomic mass is 28.4. The topological polar surface area (TPSA) is 109 Å². The zero-order chi connectivity index (χ0) is 36.3. The van der Waals surface area contributed by atoms with Gasteiger partial charge in [0.25, 0.3) is 0 Å². The first kappa shape index (κ1) is 37.7. The molecule has 2 aromatic carbocycles. The number of rotatable bonds is 14. The fourth-order valence-corrected chi connectivity index (χ4v) is 6.44. The van der Waals surface area contributed by atoms with E-state index in [1.54, 1.807) is 9.80 Å². The van der Waals surface area contributed by atoms with Crippen molar-refractivity contribution in [2.75, 3.05) is 51.1 Å². The van der Waals surface area contributed by atoms with Gasteiger partial charge in [-0.2, -0.15) is 0 Å².